The molecule has 1 aliphatic rings. The zero-order valence-electron chi connectivity index (χ0n) is 12.0. The second kappa shape index (κ2) is 5.46. The molecule has 0 amide bonds. The second-order valence-electron chi connectivity index (χ2n) is 5.17. The van der Waals surface area contributed by atoms with E-state index in [1.807, 2.05) is 17.4 Å². The summed E-state index contributed by atoms with van der Waals surface area (Å²) in [6.07, 6.45) is 0. The molecule has 1 aromatic carbocycles. The molecule has 3 rings (SSSR count). The molecule has 1 atom stereocenters. The summed E-state index contributed by atoms with van der Waals surface area (Å²) in [6, 6.07) is 8.68. The van der Waals surface area contributed by atoms with Crippen molar-refractivity contribution < 1.29 is 9.47 Å². The SMILES string of the molecule is Cc1cc(CNC(C)c2ccc3c(c2)OCO3)sc1C. The molecule has 1 unspecified atom stereocenters. The zero-order chi connectivity index (χ0) is 14.1. The second-order valence-corrected chi connectivity index (χ2v) is 6.51. The third-order valence-corrected chi connectivity index (χ3v) is 4.85. The van der Waals surface area contributed by atoms with Gasteiger partial charge in [0.05, 0.1) is 0 Å². The maximum atomic E-state index is 5.42. The minimum atomic E-state index is 0.284. The predicted molar refractivity (Wildman–Crippen MR) is 81.6 cm³/mol. The fraction of sp³-hybridized carbons (Fsp3) is 0.375. The summed E-state index contributed by atoms with van der Waals surface area (Å²) in [5, 5.41) is 3.56. The van der Waals surface area contributed by atoms with Crippen molar-refractivity contribution in [3.8, 4) is 11.5 Å². The minimum absolute atomic E-state index is 0.284. The van der Waals surface area contributed by atoms with E-state index in [2.05, 4.69) is 44.3 Å². The molecule has 1 aromatic heterocycles. The third kappa shape index (κ3) is 2.67. The highest BCUT2D eigenvalue weighted by molar-refractivity contribution is 7.12. The number of fused-ring (bicyclic) bond motifs is 1. The molecular weight excluding hydrogens is 270 g/mol. The molecule has 0 aliphatic carbocycles. The lowest BCUT2D eigenvalue weighted by Gasteiger charge is -2.14. The summed E-state index contributed by atoms with van der Waals surface area (Å²) in [5.41, 5.74) is 2.60. The molecule has 4 heteroatoms. The molecule has 1 N–H and O–H groups in total. The van der Waals surface area contributed by atoms with Crippen LogP contribution in [0.3, 0.4) is 0 Å². The van der Waals surface area contributed by atoms with Crippen molar-refractivity contribution in [2.24, 2.45) is 0 Å². The van der Waals surface area contributed by atoms with E-state index in [9.17, 15) is 0 Å². The number of hydrogen-bond acceptors (Lipinski definition) is 4. The van der Waals surface area contributed by atoms with E-state index in [1.54, 1.807) is 0 Å². The number of thiophene rings is 1. The van der Waals surface area contributed by atoms with Gasteiger partial charge in [0.15, 0.2) is 11.5 Å². The summed E-state index contributed by atoms with van der Waals surface area (Å²) in [7, 11) is 0. The zero-order valence-corrected chi connectivity index (χ0v) is 12.8. The van der Waals surface area contributed by atoms with E-state index < -0.39 is 0 Å². The van der Waals surface area contributed by atoms with Crippen LogP contribution in [0.5, 0.6) is 11.5 Å². The molecule has 0 radical (unpaired) electrons. The van der Waals surface area contributed by atoms with Gasteiger partial charge >= 0.3 is 0 Å². The van der Waals surface area contributed by atoms with Gasteiger partial charge in [-0.1, -0.05) is 6.07 Å². The van der Waals surface area contributed by atoms with Gasteiger partial charge in [-0.25, -0.2) is 0 Å². The van der Waals surface area contributed by atoms with Crippen LogP contribution in [0.4, 0.5) is 0 Å². The van der Waals surface area contributed by atoms with Crippen LogP contribution in [0.15, 0.2) is 24.3 Å². The molecule has 1 aliphatic heterocycles. The summed E-state index contributed by atoms with van der Waals surface area (Å²) in [4.78, 5) is 2.78. The van der Waals surface area contributed by atoms with Crippen LogP contribution in [-0.4, -0.2) is 6.79 Å². The summed E-state index contributed by atoms with van der Waals surface area (Å²) < 4.78 is 10.8. The van der Waals surface area contributed by atoms with Crippen LogP contribution in [0.1, 0.15) is 33.8 Å². The number of ether oxygens (including phenoxy) is 2. The standard InChI is InChI=1S/C16H19NO2S/c1-10-6-14(20-12(10)3)8-17-11(2)13-4-5-15-16(7-13)19-9-18-15/h4-7,11,17H,8-9H2,1-3H3. The quantitative estimate of drug-likeness (QED) is 0.924. The topological polar surface area (TPSA) is 30.5 Å². The molecular formula is C16H19NO2S. The Balaban J connectivity index is 1.65. The summed E-state index contributed by atoms with van der Waals surface area (Å²) >= 11 is 1.86. The van der Waals surface area contributed by atoms with E-state index in [0.29, 0.717) is 6.79 Å². The van der Waals surface area contributed by atoms with Gasteiger partial charge in [-0.2, -0.15) is 0 Å². The highest BCUT2D eigenvalue weighted by Crippen LogP contribution is 2.34. The number of nitrogens with one attached hydrogen (secondary N) is 1. The van der Waals surface area contributed by atoms with Crippen molar-refractivity contribution in [3.05, 3.63) is 45.1 Å². The molecule has 2 heterocycles. The average molecular weight is 289 g/mol. The lowest BCUT2D eigenvalue weighted by molar-refractivity contribution is 0.174. The smallest absolute Gasteiger partial charge is 0.231 e. The van der Waals surface area contributed by atoms with E-state index >= 15 is 0 Å². The van der Waals surface area contributed by atoms with E-state index in [0.717, 1.165) is 18.0 Å². The largest absolute Gasteiger partial charge is 0.454 e. The Kier molecular flexibility index (Phi) is 3.68. The first-order chi connectivity index (χ1) is 9.63. The predicted octanol–water partition coefficient (Wildman–Crippen LogP) is 3.94. The van der Waals surface area contributed by atoms with Gasteiger partial charge in [-0.3, -0.25) is 0 Å². The highest BCUT2D eigenvalue weighted by Gasteiger charge is 2.15. The first-order valence-corrected chi connectivity index (χ1v) is 7.64. The molecule has 2 aromatic rings. The van der Waals surface area contributed by atoms with Crippen LogP contribution >= 0.6 is 11.3 Å². The van der Waals surface area contributed by atoms with Gasteiger partial charge in [0.25, 0.3) is 0 Å². The number of aryl methyl sites for hydroxylation is 2. The van der Waals surface area contributed by atoms with Crippen molar-refractivity contribution in [1.29, 1.82) is 0 Å². The highest BCUT2D eigenvalue weighted by atomic mass is 32.1. The fourth-order valence-corrected chi connectivity index (χ4v) is 3.30. The lowest BCUT2D eigenvalue weighted by Crippen LogP contribution is -2.17. The van der Waals surface area contributed by atoms with Crippen LogP contribution < -0.4 is 14.8 Å². The maximum absolute atomic E-state index is 5.42. The molecule has 3 nitrogen and oxygen atoms in total. The fourth-order valence-electron chi connectivity index (χ4n) is 2.29. The Morgan fingerprint density at radius 3 is 2.75 bits per heavy atom. The van der Waals surface area contributed by atoms with Crippen molar-refractivity contribution in [1.82, 2.24) is 5.32 Å². The van der Waals surface area contributed by atoms with Gasteiger partial charge in [-0.15, -0.1) is 11.3 Å². The molecule has 0 saturated heterocycles. The normalized spacial score (nSPS) is 14.6. The minimum Gasteiger partial charge on any atom is -0.454 e. The Morgan fingerprint density at radius 1 is 1.20 bits per heavy atom. The molecule has 0 spiro atoms. The van der Waals surface area contributed by atoms with Crippen molar-refractivity contribution in [2.75, 3.05) is 6.79 Å². The van der Waals surface area contributed by atoms with Gasteiger partial charge in [0, 0.05) is 22.3 Å². The summed E-state index contributed by atoms with van der Waals surface area (Å²) in [5.74, 6) is 1.68. The van der Waals surface area contributed by atoms with Crippen LogP contribution in [0, 0.1) is 13.8 Å². The number of hydrogen-bond donors (Lipinski definition) is 1. The molecule has 0 bridgehead atoms. The maximum Gasteiger partial charge on any atom is 0.231 e. The molecule has 0 fully saturated rings. The molecule has 0 saturated carbocycles. The van der Waals surface area contributed by atoms with Crippen LogP contribution in [0.2, 0.25) is 0 Å². The molecule has 20 heavy (non-hydrogen) atoms. The van der Waals surface area contributed by atoms with Crippen LogP contribution in [0.25, 0.3) is 0 Å². The van der Waals surface area contributed by atoms with Crippen molar-refractivity contribution in [2.45, 2.75) is 33.4 Å². The third-order valence-electron chi connectivity index (χ3n) is 3.70. The van der Waals surface area contributed by atoms with E-state index in [1.165, 1.54) is 20.9 Å². The Hall–Kier alpha value is -1.52. The monoisotopic (exact) mass is 289 g/mol. The Morgan fingerprint density at radius 2 is 2.00 bits per heavy atom. The van der Waals surface area contributed by atoms with E-state index in [4.69, 9.17) is 9.47 Å². The molecule has 106 valence electrons. The van der Waals surface area contributed by atoms with Crippen molar-refractivity contribution >= 4 is 11.3 Å². The van der Waals surface area contributed by atoms with Gasteiger partial charge < -0.3 is 14.8 Å². The number of rotatable bonds is 4. The number of benzene rings is 1. The first-order valence-electron chi connectivity index (χ1n) is 6.82. The Bertz CT molecular complexity index is 601. The van der Waals surface area contributed by atoms with Gasteiger partial charge in [0.2, 0.25) is 6.79 Å². The first kappa shape index (κ1) is 13.5. The van der Waals surface area contributed by atoms with Gasteiger partial charge in [0.1, 0.15) is 0 Å². The van der Waals surface area contributed by atoms with E-state index in [-0.39, 0.29) is 6.04 Å². The van der Waals surface area contributed by atoms with Gasteiger partial charge in [-0.05, 0) is 50.1 Å². The van der Waals surface area contributed by atoms with Crippen LogP contribution in [-0.2, 0) is 6.54 Å². The lowest BCUT2D eigenvalue weighted by atomic mass is 10.1. The summed E-state index contributed by atoms with van der Waals surface area (Å²) in [6.45, 7) is 7.73. The Labute approximate surface area is 123 Å². The average Bonchev–Trinajstić information content (AvgIpc) is 3.02. The van der Waals surface area contributed by atoms with Crippen molar-refractivity contribution in [3.63, 3.8) is 0 Å².